The summed E-state index contributed by atoms with van der Waals surface area (Å²) in [6.07, 6.45) is 0. The van der Waals surface area contributed by atoms with Crippen molar-refractivity contribution in [2.24, 2.45) is 0 Å². The molecule has 0 saturated heterocycles. The molecule has 0 unspecified atom stereocenters. The molecule has 0 fully saturated rings. The van der Waals surface area contributed by atoms with Crippen LogP contribution in [0.5, 0.6) is 0 Å². The van der Waals surface area contributed by atoms with Gasteiger partial charge >= 0.3 is 11.9 Å². The topological polar surface area (TPSA) is 83.3 Å². The smallest absolute Gasteiger partial charge is 0.367 e. The number of benzene rings is 1. The lowest BCUT2D eigenvalue weighted by molar-refractivity contribution is 0.0474. The quantitative estimate of drug-likeness (QED) is 0.425. The third-order valence-corrected chi connectivity index (χ3v) is 6.06. The van der Waals surface area contributed by atoms with E-state index in [0.717, 1.165) is 21.6 Å². The summed E-state index contributed by atoms with van der Waals surface area (Å²) in [5.41, 5.74) is 2.29. The number of carbonyl (C=O) groups excluding carboxylic acids is 2. The maximum Gasteiger partial charge on any atom is 0.367 e. The zero-order valence-corrected chi connectivity index (χ0v) is 17.4. The number of ether oxygens (including phenoxy) is 2. The number of hydrogen-bond acceptors (Lipinski definition) is 8. The molecular formula is C20H17N3O4S2. The second-order valence-corrected chi connectivity index (χ2v) is 7.99. The van der Waals surface area contributed by atoms with Crippen molar-refractivity contribution in [1.29, 1.82) is 0 Å². The number of nitrogens with zero attached hydrogens (tertiary/aromatic N) is 3. The fraction of sp³-hybridized carbons (Fsp3) is 0.200. The third kappa shape index (κ3) is 3.92. The minimum Gasteiger partial charge on any atom is -0.461 e. The highest BCUT2D eigenvalue weighted by molar-refractivity contribution is 7.20. The number of rotatable bonds is 6. The Labute approximate surface area is 174 Å². The molecule has 9 heteroatoms. The summed E-state index contributed by atoms with van der Waals surface area (Å²) in [4.78, 5) is 29.7. The minimum absolute atomic E-state index is 0.00717. The fourth-order valence-electron chi connectivity index (χ4n) is 2.76. The Kier molecular flexibility index (Phi) is 5.41. The number of thiophene rings is 1. The van der Waals surface area contributed by atoms with Crippen molar-refractivity contribution in [2.45, 2.75) is 20.5 Å². The monoisotopic (exact) mass is 427 g/mol. The highest BCUT2D eigenvalue weighted by Crippen LogP contribution is 2.31. The van der Waals surface area contributed by atoms with Crippen LogP contribution >= 0.6 is 22.7 Å². The lowest BCUT2D eigenvalue weighted by atomic mass is 10.3. The number of fused-ring (bicyclic) bond motifs is 1. The van der Waals surface area contributed by atoms with Crippen molar-refractivity contribution in [3.05, 3.63) is 63.1 Å². The first-order chi connectivity index (χ1) is 14.1. The number of aryl methyl sites for hydroxylation is 1. The summed E-state index contributed by atoms with van der Waals surface area (Å²) in [6.45, 7) is 3.93. The molecule has 0 amide bonds. The normalized spacial score (nSPS) is 11.0. The van der Waals surface area contributed by atoms with Crippen LogP contribution in [0.15, 0.2) is 41.8 Å². The molecule has 0 aliphatic rings. The van der Waals surface area contributed by atoms with E-state index in [9.17, 15) is 9.59 Å². The van der Waals surface area contributed by atoms with Gasteiger partial charge in [-0.2, -0.15) is 5.10 Å². The van der Waals surface area contributed by atoms with Crippen molar-refractivity contribution < 1.29 is 19.1 Å². The first-order valence-electron chi connectivity index (χ1n) is 8.90. The number of esters is 2. The van der Waals surface area contributed by atoms with Crippen molar-refractivity contribution in [1.82, 2.24) is 14.8 Å². The maximum atomic E-state index is 12.5. The number of para-hydroxylation sites is 1. The van der Waals surface area contributed by atoms with Crippen molar-refractivity contribution in [3.8, 4) is 5.69 Å². The molecule has 29 heavy (non-hydrogen) atoms. The van der Waals surface area contributed by atoms with Gasteiger partial charge in [-0.05, 0) is 32.0 Å². The van der Waals surface area contributed by atoms with E-state index in [-0.39, 0.29) is 18.2 Å². The van der Waals surface area contributed by atoms with Crippen molar-refractivity contribution in [3.63, 3.8) is 0 Å². The van der Waals surface area contributed by atoms with Gasteiger partial charge in [0.25, 0.3) is 0 Å². The fourth-order valence-corrected chi connectivity index (χ4v) is 4.53. The lowest BCUT2D eigenvalue weighted by Gasteiger charge is -2.02. The first kappa shape index (κ1) is 19.3. The van der Waals surface area contributed by atoms with Gasteiger partial charge in [-0.3, -0.25) is 0 Å². The first-order valence-corrected chi connectivity index (χ1v) is 10.6. The molecular weight excluding hydrogens is 410 g/mol. The predicted molar refractivity (Wildman–Crippen MR) is 111 cm³/mol. The van der Waals surface area contributed by atoms with E-state index in [1.165, 1.54) is 22.7 Å². The number of thiazole rings is 1. The minimum atomic E-state index is -0.472. The van der Waals surface area contributed by atoms with Gasteiger partial charge in [-0.25, -0.2) is 19.3 Å². The van der Waals surface area contributed by atoms with Crippen molar-refractivity contribution >= 4 is 44.8 Å². The van der Waals surface area contributed by atoms with Gasteiger partial charge in [0.2, 0.25) is 5.01 Å². The molecule has 0 N–H and O–H groups in total. The number of aromatic nitrogens is 3. The van der Waals surface area contributed by atoms with Crippen LogP contribution in [-0.4, -0.2) is 33.3 Å². The van der Waals surface area contributed by atoms with Gasteiger partial charge < -0.3 is 9.47 Å². The average Bonchev–Trinajstić information content (AvgIpc) is 3.44. The van der Waals surface area contributed by atoms with Crippen LogP contribution in [-0.2, 0) is 16.1 Å². The Balaban J connectivity index is 1.50. The van der Waals surface area contributed by atoms with Gasteiger partial charge in [0.1, 0.15) is 16.3 Å². The molecule has 148 valence electrons. The van der Waals surface area contributed by atoms with Crippen LogP contribution < -0.4 is 0 Å². The molecule has 4 aromatic rings. The van der Waals surface area contributed by atoms with Gasteiger partial charge in [0.15, 0.2) is 0 Å². The molecule has 3 aromatic heterocycles. The molecule has 1 aromatic carbocycles. The summed E-state index contributed by atoms with van der Waals surface area (Å²) in [5, 5.41) is 7.42. The molecule has 0 aliphatic carbocycles. The molecule has 0 radical (unpaired) electrons. The lowest BCUT2D eigenvalue weighted by Crippen LogP contribution is -2.06. The largest absolute Gasteiger partial charge is 0.461 e. The van der Waals surface area contributed by atoms with E-state index in [1.807, 2.05) is 41.9 Å². The molecule has 7 nitrogen and oxygen atoms in total. The van der Waals surface area contributed by atoms with Gasteiger partial charge in [-0.15, -0.1) is 22.7 Å². The molecule has 0 spiro atoms. The number of carbonyl (C=O) groups is 2. The Hall–Kier alpha value is -3.04. The molecule has 0 bridgehead atoms. The van der Waals surface area contributed by atoms with E-state index in [1.54, 1.807) is 18.4 Å². The molecule has 4 rings (SSSR count). The van der Waals surface area contributed by atoms with Crippen LogP contribution in [0, 0.1) is 6.92 Å². The van der Waals surface area contributed by atoms with Crippen LogP contribution in [0.1, 0.15) is 37.8 Å². The zero-order chi connectivity index (χ0) is 20.4. The van der Waals surface area contributed by atoms with E-state index >= 15 is 0 Å². The van der Waals surface area contributed by atoms with E-state index < -0.39 is 11.9 Å². The highest BCUT2D eigenvalue weighted by atomic mass is 32.1. The van der Waals surface area contributed by atoms with Crippen LogP contribution in [0.25, 0.3) is 15.9 Å². The Bertz CT molecular complexity index is 1180. The summed E-state index contributed by atoms with van der Waals surface area (Å²) in [6, 6.07) is 11.6. The molecule has 0 aliphatic heterocycles. The third-order valence-electron chi connectivity index (χ3n) is 4.10. The van der Waals surface area contributed by atoms with E-state index in [4.69, 9.17) is 9.47 Å². The molecule has 0 atom stereocenters. The summed E-state index contributed by atoms with van der Waals surface area (Å²) < 4.78 is 12.1. The SMILES string of the molecule is CCOC(=O)c1nc(COC(=O)c2cc3c(C)nn(-c4ccccc4)c3s2)cs1. The van der Waals surface area contributed by atoms with E-state index in [0.29, 0.717) is 10.6 Å². The summed E-state index contributed by atoms with van der Waals surface area (Å²) in [5.74, 6) is -0.906. The van der Waals surface area contributed by atoms with Crippen molar-refractivity contribution in [2.75, 3.05) is 6.61 Å². The molecule has 3 heterocycles. The highest BCUT2D eigenvalue weighted by Gasteiger charge is 2.19. The van der Waals surface area contributed by atoms with Crippen LogP contribution in [0.2, 0.25) is 0 Å². The molecule has 0 saturated carbocycles. The summed E-state index contributed by atoms with van der Waals surface area (Å²) in [7, 11) is 0. The second-order valence-electron chi connectivity index (χ2n) is 6.10. The maximum absolute atomic E-state index is 12.5. The Morgan fingerprint density at radius 1 is 1.14 bits per heavy atom. The van der Waals surface area contributed by atoms with Gasteiger partial charge in [0, 0.05) is 10.8 Å². The van der Waals surface area contributed by atoms with Gasteiger partial charge in [0.05, 0.1) is 23.7 Å². The zero-order valence-electron chi connectivity index (χ0n) is 15.7. The average molecular weight is 428 g/mol. The standard InChI is InChI=1S/C20H17N3O4S2/c1-3-26-20(25)17-21-13(11-28-17)10-27-19(24)16-9-15-12(2)22-23(18(15)29-16)14-7-5-4-6-8-14/h4-9,11H,3,10H2,1-2H3. The summed E-state index contributed by atoms with van der Waals surface area (Å²) >= 11 is 2.50. The second kappa shape index (κ2) is 8.14. The van der Waals surface area contributed by atoms with Gasteiger partial charge in [-0.1, -0.05) is 18.2 Å². The van der Waals surface area contributed by atoms with Crippen LogP contribution in [0.4, 0.5) is 0 Å². The predicted octanol–water partition coefficient (Wildman–Crippen LogP) is 4.39. The number of hydrogen-bond donors (Lipinski definition) is 0. The Morgan fingerprint density at radius 3 is 2.69 bits per heavy atom. The van der Waals surface area contributed by atoms with E-state index in [2.05, 4.69) is 10.1 Å². The van der Waals surface area contributed by atoms with Crippen LogP contribution in [0.3, 0.4) is 0 Å². The Morgan fingerprint density at radius 2 is 1.93 bits per heavy atom.